The summed E-state index contributed by atoms with van der Waals surface area (Å²) in [6.07, 6.45) is 0.289. The second-order valence-electron chi connectivity index (χ2n) is 3.41. The minimum Gasteiger partial charge on any atom is -0.294 e. The van der Waals surface area contributed by atoms with Crippen molar-refractivity contribution < 1.29 is 4.79 Å². The quantitative estimate of drug-likeness (QED) is 0.718. The summed E-state index contributed by atoms with van der Waals surface area (Å²) in [5.74, 6) is -0.0592. The van der Waals surface area contributed by atoms with Gasteiger partial charge >= 0.3 is 0 Å². The maximum Gasteiger partial charge on any atom is 0.169 e. The van der Waals surface area contributed by atoms with Gasteiger partial charge in [0.05, 0.1) is 14.4 Å². The summed E-state index contributed by atoms with van der Waals surface area (Å²) in [7, 11) is 0. The van der Waals surface area contributed by atoms with Crippen LogP contribution in [-0.4, -0.2) is 5.78 Å². The van der Waals surface area contributed by atoms with Crippen molar-refractivity contribution in [1.29, 1.82) is 0 Å². The van der Waals surface area contributed by atoms with E-state index in [1.165, 1.54) is 11.3 Å². The summed E-state index contributed by atoms with van der Waals surface area (Å²) in [6.45, 7) is 0. The number of Topliss-reactive ketones (excluding diaryl/α,β-unsaturated/α-hetero) is 1. The number of ketones is 1. The van der Waals surface area contributed by atoms with Gasteiger partial charge in [-0.1, -0.05) is 40.9 Å². The number of benzene rings is 1. The third-order valence-corrected chi connectivity index (χ3v) is 4.27. The van der Waals surface area contributed by atoms with Crippen LogP contribution in [0.4, 0.5) is 0 Å². The molecule has 0 spiro atoms. The Bertz CT molecular complexity index is 563. The SMILES string of the molecule is O=C(Cc1ccc(Cl)s1)c1cccc(Cl)c1Cl. The van der Waals surface area contributed by atoms with Crippen LogP contribution in [0.15, 0.2) is 30.3 Å². The molecule has 1 heterocycles. The highest BCUT2D eigenvalue weighted by molar-refractivity contribution is 7.16. The molecule has 0 N–H and O–H groups in total. The van der Waals surface area contributed by atoms with E-state index < -0.39 is 0 Å². The summed E-state index contributed by atoms with van der Waals surface area (Å²) in [6, 6.07) is 8.65. The first-order valence-electron chi connectivity index (χ1n) is 4.79. The molecule has 0 aliphatic heterocycles. The molecule has 0 aliphatic carbocycles. The zero-order valence-electron chi connectivity index (χ0n) is 8.54. The van der Waals surface area contributed by atoms with E-state index in [4.69, 9.17) is 34.8 Å². The van der Waals surface area contributed by atoms with Crippen LogP contribution in [0.5, 0.6) is 0 Å². The van der Waals surface area contributed by atoms with Crippen molar-refractivity contribution in [2.45, 2.75) is 6.42 Å². The van der Waals surface area contributed by atoms with Gasteiger partial charge in [-0.2, -0.15) is 0 Å². The average Bonchev–Trinajstić information content (AvgIpc) is 2.68. The molecule has 88 valence electrons. The molecule has 0 aliphatic rings. The zero-order valence-corrected chi connectivity index (χ0v) is 11.6. The predicted octanol–water partition coefficient (Wildman–Crippen LogP) is 5.13. The van der Waals surface area contributed by atoms with Crippen molar-refractivity contribution in [2.75, 3.05) is 0 Å². The van der Waals surface area contributed by atoms with E-state index in [0.717, 1.165) is 4.88 Å². The molecule has 0 amide bonds. The Balaban J connectivity index is 2.23. The van der Waals surface area contributed by atoms with E-state index >= 15 is 0 Å². The van der Waals surface area contributed by atoms with Gasteiger partial charge in [0.25, 0.3) is 0 Å². The lowest BCUT2D eigenvalue weighted by atomic mass is 10.1. The summed E-state index contributed by atoms with van der Waals surface area (Å²) >= 11 is 19.0. The van der Waals surface area contributed by atoms with Gasteiger partial charge in [-0.15, -0.1) is 11.3 Å². The van der Waals surface area contributed by atoms with Crippen LogP contribution in [0, 0.1) is 0 Å². The maximum atomic E-state index is 12.0. The normalized spacial score (nSPS) is 10.5. The lowest BCUT2D eigenvalue weighted by Gasteiger charge is -2.03. The number of carbonyl (C=O) groups excluding carboxylic acids is 1. The molecule has 1 nitrogen and oxygen atoms in total. The van der Waals surface area contributed by atoms with Gasteiger partial charge < -0.3 is 0 Å². The van der Waals surface area contributed by atoms with E-state index in [-0.39, 0.29) is 12.2 Å². The van der Waals surface area contributed by atoms with E-state index in [1.807, 2.05) is 6.07 Å². The molecule has 0 unspecified atom stereocenters. The third kappa shape index (κ3) is 3.02. The summed E-state index contributed by atoms with van der Waals surface area (Å²) in [4.78, 5) is 12.9. The molecule has 2 rings (SSSR count). The fourth-order valence-corrected chi connectivity index (χ4v) is 2.91. The number of thiophene rings is 1. The molecule has 2 aromatic rings. The van der Waals surface area contributed by atoms with Gasteiger partial charge in [-0.3, -0.25) is 4.79 Å². The molecule has 0 atom stereocenters. The Labute approximate surface area is 118 Å². The predicted molar refractivity (Wildman–Crippen MR) is 73.8 cm³/mol. The summed E-state index contributed by atoms with van der Waals surface area (Å²) < 4.78 is 0.671. The van der Waals surface area contributed by atoms with Crippen LogP contribution in [0.3, 0.4) is 0 Å². The molecule has 0 bridgehead atoms. The van der Waals surface area contributed by atoms with Crippen LogP contribution < -0.4 is 0 Å². The van der Waals surface area contributed by atoms with Crippen LogP contribution in [0.1, 0.15) is 15.2 Å². The van der Waals surface area contributed by atoms with E-state index in [1.54, 1.807) is 24.3 Å². The minimum absolute atomic E-state index is 0.0592. The number of halogens is 3. The Morgan fingerprint density at radius 3 is 2.53 bits per heavy atom. The van der Waals surface area contributed by atoms with Crippen LogP contribution in [0.2, 0.25) is 14.4 Å². The van der Waals surface area contributed by atoms with E-state index in [2.05, 4.69) is 0 Å². The van der Waals surface area contributed by atoms with Crippen LogP contribution in [0.25, 0.3) is 0 Å². The molecule has 0 saturated heterocycles. The van der Waals surface area contributed by atoms with Crippen molar-refractivity contribution in [3.8, 4) is 0 Å². The molecule has 0 fully saturated rings. The fraction of sp³-hybridized carbons (Fsp3) is 0.0833. The first-order valence-corrected chi connectivity index (χ1v) is 6.74. The Morgan fingerprint density at radius 2 is 1.88 bits per heavy atom. The lowest BCUT2D eigenvalue weighted by Crippen LogP contribution is -2.03. The largest absolute Gasteiger partial charge is 0.294 e. The molecule has 17 heavy (non-hydrogen) atoms. The molecule has 0 radical (unpaired) electrons. The number of hydrogen-bond acceptors (Lipinski definition) is 2. The molecule has 0 saturated carbocycles. The maximum absolute atomic E-state index is 12.0. The first kappa shape index (κ1) is 12.9. The fourth-order valence-electron chi connectivity index (χ4n) is 1.42. The highest BCUT2D eigenvalue weighted by atomic mass is 35.5. The van der Waals surface area contributed by atoms with Gasteiger partial charge in [-0.25, -0.2) is 0 Å². The molecule has 1 aromatic carbocycles. The van der Waals surface area contributed by atoms with Crippen molar-refractivity contribution in [2.24, 2.45) is 0 Å². The monoisotopic (exact) mass is 304 g/mol. The molecular formula is C12H7Cl3OS. The van der Waals surface area contributed by atoms with Gasteiger partial charge in [0.2, 0.25) is 0 Å². The van der Waals surface area contributed by atoms with Crippen molar-refractivity contribution in [3.63, 3.8) is 0 Å². The number of rotatable bonds is 3. The number of carbonyl (C=O) groups is 1. The van der Waals surface area contributed by atoms with Gasteiger partial charge in [-0.05, 0) is 24.3 Å². The van der Waals surface area contributed by atoms with Crippen molar-refractivity contribution in [3.05, 3.63) is 55.2 Å². The Hall–Kier alpha value is -0.540. The average molecular weight is 306 g/mol. The van der Waals surface area contributed by atoms with E-state index in [9.17, 15) is 4.79 Å². The third-order valence-electron chi connectivity index (χ3n) is 2.22. The van der Waals surface area contributed by atoms with Crippen molar-refractivity contribution in [1.82, 2.24) is 0 Å². The lowest BCUT2D eigenvalue weighted by molar-refractivity contribution is 0.0994. The topological polar surface area (TPSA) is 17.1 Å². The second-order valence-corrected chi connectivity index (χ2v) is 5.99. The summed E-state index contributed by atoms with van der Waals surface area (Å²) in [5.41, 5.74) is 0.448. The van der Waals surface area contributed by atoms with Crippen molar-refractivity contribution >= 4 is 51.9 Å². The van der Waals surface area contributed by atoms with Gasteiger partial charge in [0, 0.05) is 16.9 Å². The number of hydrogen-bond donors (Lipinski definition) is 0. The Morgan fingerprint density at radius 1 is 1.12 bits per heavy atom. The Kier molecular flexibility index (Phi) is 4.10. The minimum atomic E-state index is -0.0592. The molecule has 5 heteroatoms. The smallest absolute Gasteiger partial charge is 0.169 e. The zero-order chi connectivity index (χ0) is 12.4. The van der Waals surface area contributed by atoms with Gasteiger partial charge in [0.1, 0.15) is 0 Å². The second kappa shape index (κ2) is 5.40. The standard InChI is InChI=1S/C12H7Cl3OS/c13-9-3-1-2-8(12(9)15)10(16)6-7-4-5-11(14)17-7/h1-5H,6H2. The molecular weight excluding hydrogens is 299 g/mol. The highest BCUT2D eigenvalue weighted by Crippen LogP contribution is 2.28. The summed E-state index contributed by atoms with van der Waals surface area (Å²) in [5, 5.41) is 0.698. The van der Waals surface area contributed by atoms with Crippen LogP contribution in [-0.2, 0) is 6.42 Å². The molecule has 1 aromatic heterocycles. The first-order chi connectivity index (χ1) is 8.08. The van der Waals surface area contributed by atoms with Crippen LogP contribution >= 0.6 is 46.1 Å². The van der Waals surface area contributed by atoms with Gasteiger partial charge in [0.15, 0.2) is 5.78 Å². The van der Waals surface area contributed by atoms with E-state index in [0.29, 0.717) is 19.9 Å². The highest BCUT2D eigenvalue weighted by Gasteiger charge is 2.13.